The lowest BCUT2D eigenvalue weighted by Gasteiger charge is -2.35. The smallest absolute Gasteiger partial charge is 0.307 e. The fourth-order valence-corrected chi connectivity index (χ4v) is 7.42. The van der Waals surface area contributed by atoms with Crippen LogP contribution in [0.3, 0.4) is 0 Å². The molecule has 42 heavy (non-hydrogen) atoms. The standard InChI is InChI=1S/C32H33N5O4S/c1-20-2-7-29(41-18-24-4-3-21(11-25(24)12-33)14-36-8-9-40-26(13-34)17-36)27(10-20)28-19-42-32(35-28)37-15-22-5-6-23(16-37)30(22)31(38)39/h2-4,7,10-11,19,22-23,26,30H,5-6,8-9,14-18H2,1H3,(H,38,39)/t22-,23+,26?,30+. The third kappa shape index (κ3) is 5.84. The van der Waals surface area contributed by atoms with Crippen LogP contribution in [0.15, 0.2) is 41.8 Å². The molecule has 2 aromatic carbocycles. The molecule has 1 N–H and O–H groups in total. The monoisotopic (exact) mass is 583 g/mol. The first-order valence-corrected chi connectivity index (χ1v) is 15.2. The molecular formula is C32H33N5O4S. The van der Waals surface area contributed by atoms with Gasteiger partial charge in [-0.25, -0.2) is 4.98 Å². The molecule has 216 valence electrons. The number of anilines is 1. The SMILES string of the molecule is Cc1ccc(OCc2ccc(CN3CCOC(C#N)C3)cc2C#N)c(-c2csc(N3C[C@H]4CC[C@@H](C3)[C@H]4C(=O)O)n2)c1. The Balaban J connectivity index is 1.15. The third-order valence-corrected chi connectivity index (χ3v) is 9.57. The largest absolute Gasteiger partial charge is 0.488 e. The zero-order chi connectivity index (χ0) is 29.2. The van der Waals surface area contributed by atoms with E-state index in [4.69, 9.17) is 14.5 Å². The molecule has 2 aliphatic heterocycles. The number of hydrogen-bond donors (Lipinski definition) is 1. The Bertz CT molecular complexity index is 1540. The molecule has 2 saturated heterocycles. The molecular weight excluding hydrogens is 550 g/mol. The van der Waals surface area contributed by atoms with Gasteiger partial charge >= 0.3 is 5.97 Å². The normalized spacial score (nSPS) is 23.7. The van der Waals surface area contributed by atoms with Gasteiger partial charge in [0.15, 0.2) is 11.2 Å². The molecule has 0 radical (unpaired) electrons. The average Bonchev–Trinajstić information content (AvgIpc) is 3.59. The predicted octanol–water partition coefficient (Wildman–Crippen LogP) is 4.84. The van der Waals surface area contributed by atoms with E-state index in [1.54, 1.807) is 11.3 Å². The number of carboxylic acid groups (broad SMARTS) is 1. The number of aliphatic carboxylic acids is 1. The first-order valence-electron chi connectivity index (χ1n) is 14.3. The van der Waals surface area contributed by atoms with Gasteiger partial charge in [-0.3, -0.25) is 9.69 Å². The highest BCUT2D eigenvalue weighted by Gasteiger charge is 2.46. The number of carbonyl (C=O) groups is 1. The molecule has 9 nitrogen and oxygen atoms in total. The lowest BCUT2D eigenvalue weighted by molar-refractivity contribution is -0.144. The number of nitriles is 2. The highest BCUT2D eigenvalue weighted by atomic mass is 32.1. The molecule has 3 aromatic rings. The lowest BCUT2D eigenvalue weighted by atomic mass is 9.85. The van der Waals surface area contributed by atoms with E-state index in [-0.39, 0.29) is 24.4 Å². The van der Waals surface area contributed by atoms with E-state index in [0.717, 1.165) is 65.6 Å². The summed E-state index contributed by atoms with van der Waals surface area (Å²) in [6, 6.07) is 16.4. The van der Waals surface area contributed by atoms with Crippen molar-refractivity contribution in [1.29, 1.82) is 10.5 Å². The van der Waals surface area contributed by atoms with Crippen LogP contribution in [0.1, 0.15) is 35.1 Å². The fraction of sp³-hybridized carbons (Fsp3) is 0.438. The number of fused-ring (bicyclic) bond motifs is 2. The van der Waals surface area contributed by atoms with E-state index >= 15 is 0 Å². The van der Waals surface area contributed by atoms with Crippen LogP contribution in [-0.4, -0.2) is 59.8 Å². The van der Waals surface area contributed by atoms with E-state index in [2.05, 4.69) is 28.0 Å². The fourth-order valence-electron chi connectivity index (χ4n) is 6.57. The van der Waals surface area contributed by atoms with Crippen molar-refractivity contribution < 1.29 is 19.4 Å². The first-order chi connectivity index (χ1) is 20.4. The highest BCUT2D eigenvalue weighted by Crippen LogP contribution is 2.44. The highest BCUT2D eigenvalue weighted by molar-refractivity contribution is 7.14. The van der Waals surface area contributed by atoms with Crippen LogP contribution in [0.4, 0.5) is 5.13 Å². The number of hydrogen-bond acceptors (Lipinski definition) is 9. The Labute approximate surface area is 249 Å². The van der Waals surface area contributed by atoms with Crippen molar-refractivity contribution in [2.45, 2.75) is 39.0 Å². The van der Waals surface area contributed by atoms with E-state index < -0.39 is 12.1 Å². The Morgan fingerprint density at radius 1 is 1.17 bits per heavy atom. The van der Waals surface area contributed by atoms with Crippen molar-refractivity contribution >= 4 is 22.4 Å². The second kappa shape index (κ2) is 12.1. The number of thiazole rings is 1. The summed E-state index contributed by atoms with van der Waals surface area (Å²) < 4.78 is 11.7. The van der Waals surface area contributed by atoms with Crippen molar-refractivity contribution in [3.63, 3.8) is 0 Å². The summed E-state index contributed by atoms with van der Waals surface area (Å²) in [5, 5.41) is 31.7. The van der Waals surface area contributed by atoms with Crippen molar-refractivity contribution in [2.75, 3.05) is 37.7 Å². The number of aryl methyl sites for hydroxylation is 1. The van der Waals surface area contributed by atoms with Gasteiger partial charge in [0.1, 0.15) is 12.4 Å². The van der Waals surface area contributed by atoms with Crippen LogP contribution in [0, 0.1) is 47.3 Å². The van der Waals surface area contributed by atoms with Gasteiger partial charge in [0.2, 0.25) is 0 Å². The number of rotatable bonds is 8. The molecule has 0 spiro atoms. The van der Waals surface area contributed by atoms with Gasteiger partial charge in [-0.1, -0.05) is 23.8 Å². The summed E-state index contributed by atoms with van der Waals surface area (Å²) in [5.74, 6) is 0.153. The summed E-state index contributed by atoms with van der Waals surface area (Å²) in [6.07, 6.45) is 1.51. The number of carboxylic acids is 1. The summed E-state index contributed by atoms with van der Waals surface area (Å²) >= 11 is 1.58. The number of morpholine rings is 1. The van der Waals surface area contributed by atoms with Gasteiger partial charge in [-0.05, 0) is 55.4 Å². The molecule has 3 aliphatic rings. The van der Waals surface area contributed by atoms with Gasteiger partial charge in [0.05, 0.1) is 35.9 Å². The van der Waals surface area contributed by atoms with Gasteiger partial charge in [-0.2, -0.15) is 10.5 Å². The molecule has 1 unspecified atom stereocenters. The molecule has 2 bridgehead atoms. The van der Waals surface area contributed by atoms with Crippen molar-refractivity contribution in [3.8, 4) is 29.1 Å². The van der Waals surface area contributed by atoms with Crippen LogP contribution in [0.5, 0.6) is 5.75 Å². The quantitative estimate of drug-likeness (QED) is 0.397. The van der Waals surface area contributed by atoms with Gasteiger partial charge in [-0.15, -0.1) is 11.3 Å². The molecule has 1 aliphatic carbocycles. The molecule has 3 fully saturated rings. The second-order valence-corrected chi connectivity index (χ2v) is 12.3. The Morgan fingerprint density at radius 2 is 1.98 bits per heavy atom. The van der Waals surface area contributed by atoms with Crippen LogP contribution >= 0.6 is 11.3 Å². The third-order valence-electron chi connectivity index (χ3n) is 8.67. The first kappa shape index (κ1) is 28.2. The molecule has 4 atom stereocenters. The van der Waals surface area contributed by atoms with E-state index in [1.807, 2.05) is 42.6 Å². The predicted molar refractivity (Wildman–Crippen MR) is 158 cm³/mol. The van der Waals surface area contributed by atoms with E-state index in [9.17, 15) is 20.4 Å². The molecule has 1 saturated carbocycles. The minimum absolute atomic E-state index is 0.176. The summed E-state index contributed by atoms with van der Waals surface area (Å²) in [6.45, 7) is 6.23. The van der Waals surface area contributed by atoms with Crippen LogP contribution in [0.2, 0.25) is 0 Å². The van der Waals surface area contributed by atoms with Gasteiger partial charge in [0, 0.05) is 49.2 Å². The van der Waals surface area contributed by atoms with Crippen molar-refractivity contribution in [3.05, 3.63) is 64.0 Å². The average molecular weight is 584 g/mol. The van der Waals surface area contributed by atoms with Gasteiger partial charge in [0.25, 0.3) is 0 Å². The topological polar surface area (TPSA) is 123 Å². The maximum atomic E-state index is 11.8. The van der Waals surface area contributed by atoms with Crippen LogP contribution < -0.4 is 9.64 Å². The summed E-state index contributed by atoms with van der Waals surface area (Å²) in [7, 11) is 0. The van der Waals surface area contributed by atoms with Crippen molar-refractivity contribution in [2.24, 2.45) is 17.8 Å². The molecule has 1 aromatic heterocycles. The zero-order valence-corrected chi connectivity index (χ0v) is 24.3. The molecule has 3 heterocycles. The number of benzene rings is 2. The van der Waals surface area contributed by atoms with Gasteiger partial charge < -0.3 is 19.5 Å². The summed E-state index contributed by atoms with van der Waals surface area (Å²) in [5.41, 5.74) is 5.22. The molecule has 10 heteroatoms. The number of ether oxygens (including phenoxy) is 2. The molecule has 0 amide bonds. The number of piperidine rings is 1. The Kier molecular flexibility index (Phi) is 8.12. The zero-order valence-electron chi connectivity index (χ0n) is 23.5. The number of nitrogens with zero attached hydrogens (tertiary/aromatic N) is 5. The maximum Gasteiger partial charge on any atom is 0.307 e. The minimum atomic E-state index is -0.663. The van der Waals surface area contributed by atoms with E-state index in [1.165, 1.54) is 0 Å². The Morgan fingerprint density at radius 3 is 2.71 bits per heavy atom. The van der Waals surface area contributed by atoms with Crippen LogP contribution in [-0.2, 0) is 22.7 Å². The number of aromatic nitrogens is 1. The van der Waals surface area contributed by atoms with Crippen LogP contribution in [0.25, 0.3) is 11.3 Å². The molecule has 6 rings (SSSR count). The van der Waals surface area contributed by atoms with Crippen molar-refractivity contribution in [1.82, 2.24) is 9.88 Å². The minimum Gasteiger partial charge on any atom is -0.488 e. The lowest BCUT2D eigenvalue weighted by Crippen LogP contribution is -2.44. The second-order valence-electron chi connectivity index (χ2n) is 11.5. The maximum absolute atomic E-state index is 11.8. The Hall–Kier alpha value is -3.96. The van der Waals surface area contributed by atoms with E-state index in [0.29, 0.717) is 31.0 Å². The summed E-state index contributed by atoms with van der Waals surface area (Å²) in [4.78, 5) is 21.2.